The third-order valence-corrected chi connectivity index (χ3v) is 6.06. The number of fused-ring (bicyclic) bond motifs is 1. The number of nitrogens with zero attached hydrogens (tertiary/aromatic N) is 3. The molecule has 7 nitrogen and oxygen atoms in total. The van der Waals surface area contributed by atoms with Crippen molar-refractivity contribution in [2.24, 2.45) is 0 Å². The van der Waals surface area contributed by atoms with Crippen molar-refractivity contribution in [1.29, 1.82) is 0 Å². The van der Waals surface area contributed by atoms with Crippen LogP contribution in [0.2, 0.25) is 0 Å². The molecule has 0 aliphatic carbocycles. The van der Waals surface area contributed by atoms with E-state index in [1.54, 1.807) is 20.3 Å². The lowest BCUT2D eigenvalue weighted by atomic mass is 9.92. The maximum Gasteiger partial charge on any atom is 0.272 e. The number of methoxy groups -OCH3 is 2. The molecule has 30 heavy (non-hydrogen) atoms. The first kappa shape index (κ1) is 20.6. The topological polar surface area (TPSA) is 71.9 Å². The summed E-state index contributed by atoms with van der Waals surface area (Å²) < 4.78 is 12.2. The molecule has 1 fully saturated rings. The standard InChI is InChI=1S/C23H30N4O3/c1-15(2)26-11-9-16(10-12-26)19-13-21(28)27-23(24-19)22(20(25-27)14-29-3)17-5-7-18(30-4)8-6-17/h5-8,13,15-16,25H,9-12,14H2,1-4H3. The van der Waals surface area contributed by atoms with Crippen LogP contribution in [0.1, 0.15) is 44.0 Å². The van der Waals surface area contributed by atoms with Crippen LogP contribution in [0.4, 0.5) is 0 Å². The van der Waals surface area contributed by atoms with Gasteiger partial charge in [-0.15, -0.1) is 0 Å². The van der Waals surface area contributed by atoms with Crippen LogP contribution >= 0.6 is 0 Å². The zero-order valence-electron chi connectivity index (χ0n) is 18.1. The van der Waals surface area contributed by atoms with E-state index < -0.39 is 0 Å². The van der Waals surface area contributed by atoms with Gasteiger partial charge in [0, 0.05) is 30.7 Å². The number of ether oxygens (including phenoxy) is 2. The van der Waals surface area contributed by atoms with E-state index in [0.29, 0.717) is 24.2 Å². The highest BCUT2D eigenvalue weighted by atomic mass is 16.5. The number of H-pyrrole nitrogens is 1. The number of piperidine rings is 1. The SMILES string of the molecule is COCc1[nH]n2c(=O)cc(C3CCN(C(C)C)CC3)nc2c1-c1ccc(OC)cc1. The van der Waals surface area contributed by atoms with E-state index in [9.17, 15) is 4.79 Å². The van der Waals surface area contributed by atoms with Gasteiger partial charge < -0.3 is 14.4 Å². The molecule has 1 N–H and O–H groups in total. The molecule has 3 aromatic rings. The van der Waals surface area contributed by atoms with Crippen LogP contribution in [-0.2, 0) is 11.3 Å². The van der Waals surface area contributed by atoms with Crippen LogP contribution in [0.15, 0.2) is 35.1 Å². The van der Waals surface area contributed by atoms with Gasteiger partial charge in [0.2, 0.25) is 0 Å². The predicted octanol–water partition coefficient (Wildman–Crippen LogP) is 3.43. The highest BCUT2D eigenvalue weighted by molar-refractivity contribution is 5.80. The van der Waals surface area contributed by atoms with E-state index in [1.165, 1.54) is 4.52 Å². The molecule has 0 saturated carbocycles. The monoisotopic (exact) mass is 410 g/mol. The molecule has 160 valence electrons. The third kappa shape index (κ3) is 3.87. The van der Waals surface area contributed by atoms with Crippen LogP contribution in [0, 0.1) is 0 Å². The zero-order valence-corrected chi connectivity index (χ0v) is 18.1. The Morgan fingerprint density at radius 3 is 2.47 bits per heavy atom. The Labute approximate surface area is 176 Å². The molecule has 1 aliphatic rings. The molecule has 0 atom stereocenters. The molecule has 0 radical (unpaired) electrons. The fraction of sp³-hybridized carbons (Fsp3) is 0.478. The van der Waals surface area contributed by atoms with Gasteiger partial charge in [-0.05, 0) is 57.5 Å². The van der Waals surface area contributed by atoms with Crippen LogP contribution in [0.5, 0.6) is 5.75 Å². The molecule has 1 saturated heterocycles. The van der Waals surface area contributed by atoms with Crippen LogP contribution < -0.4 is 10.3 Å². The molecular formula is C23H30N4O3. The van der Waals surface area contributed by atoms with Gasteiger partial charge in [-0.3, -0.25) is 9.89 Å². The van der Waals surface area contributed by atoms with Gasteiger partial charge in [0.25, 0.3) is 5.56 Å². The van der Waals surface area contributed by atoms with Gasteiger partial charge in [0.1, 0.15) is 5.75 Å². The second kappa shape index (κ2) is 8.62. The summed E-state index contributed by atoms with van der Waals surface area (Å²) in [5, 5.41) is 3.19. The van der Waals surface area contributed by atoms with Crippen LogP contribution in [0.25, 0.3) is 16.8 Å². The van der Waals surface area contributed by atoms with Crippen molar-refractivity contribution in [3.63, 3.8) is 0 Å². The van der Waals surface area contributed by atoms with Gasteiger partial charge in [0.05, 0.1) is 25.1 Å². The van der Waals surface area contributed by atoms with Crippen molar-refractivity contribution in [3.05, 3.63) is 52.1 Å². The summed E-state index contributed by atoms with van der Waals surface area (Å²) in [4.78, 5) is 20.4. The number of likely N-dealkylation sites (tertiary alicyclic amines) is 1. The minimum Gasteiger partial charge on any atom is -0.497 e. The molecule has 0 unspecified atom stereocenters. The number of nitrogens with one attached hydrogen (secondary N) is 1. The number of aromatic nitrogens is 3. The number of hydrogen-bond acceptors (Lipinski definition) is 5. The molecule has 0 bridgehead atoms. The first-order chi connectivity index (χ1) is 14.5. The minimum absolute atomic E-state index is 0.0848. The normalized spacial score (nSPS) is 15.9. The Morgan fingerprint density at radius 2 is 1.87 bits per heavy atom. The molecule has 1 aliphatic heterocycles. The quantitative estimate of drug-likeness (QED) is 0.674. The van der Waals surface area contributed by atoms with Crippen molar-refractivity contribution in [2.75, 3.05) is 27.3 Å². The third-order valence-electron chi connectivity index (χ3n) is 6.06. The predicted molar refractivity (Wildman–Crippen MR) is 117 cm³/mol. The Balaban J connectivity index is 1.78. The zero-order chi connectivity index (χ0) is 21.3. The van der Waals surface area contributed by atoms with E-state index in [1.807, 2.05) is 24.3 Å². The lowest BCUT2D eigenvalue weighted by Gasteiger charge is -2.34. The minimum atomic E-state index is -0.0848. The fourth-order valence-corrected chi connectivity index (χ4v) is 4.33. The summed E-state index contributed by atoms with van der Waals surface area (Å²) in [7, 11) is 3.29. The fourth-order valence-electron chi connectivity index (χ4n) is 4.33. The van der Waals surface area contributed by atoms with Crippen molar-refractivity contribution in [3.8, 4) is 16.9 Å². The summed E-state index contributed by atoms with van der Waals surface area (Å²) in [5.41, 5.74) is 4.16. The molecule has 4 rings (SSSR count). The Kier molecular flexibility index (Phi) is 5.92. The number of aromatic amines is 1. The molecule has 0 spiro atoms. The van der Waals surface area contributed by atoms with Gasteiger partial charge in [-0.1, -0.05) is 12.1 Å². The number of rotatable bonds is 6. The van der Waals surface area contributed by atoms with Crippen molar-refractivity contribution in [1.82, 2.24) is 19.5 Å². The van der Waals surface area contributed by atoms with Crippen molar-refractivity contribution in [2.45, 2.75) is 45.3 Å². The lowest BCUT2D eigenvalue weighted by molar-refractivity contribution is 0.171. The smallest absolute Gasteiger partial charge is 0.272 e. The highest BCUT2D eigenvalue weighted by Crippen LogP contribution is 2.32. The van der Waals surface area contributed by atoms with Gasteiger partial charge in [0.15, 0.2) is 5.65 Å². The average molecular weight is 411 g/mol. The highest BCUT2D eigenvalue weighted by Gasteiger charge is 2.25. The Morgan fingerprint density at radius 1 is 1.17 bits per heavy atom. The van der Waals surface area contributed by atoms with Gasteiger partial charge >= 0.3 is 0 Å². The van der Waals surface area contributed by atoms with E-state index >= 15 is 0 Å². The maximum absolute atomic E-state index is 12.9. The molecule has 2 aromatic heterocycles. The summed E-state index contributed by atoms with van der Waals surface area (Å²) in [6.07, 6.45) is 2.04. The van der Waals surface area contributed by atoms with Crippen molar-refractivity contribution >= 4 is 5.65 Å². The van der Waals surface area contributed by atoms with E-state index in [2.05, 4.69) is 23.8 Å². The Bertz CT molecular complexity index is 1060. The molecule has 0 amide bonds. The van der Waals surface area contributed by atoms with Crippen LogP contribution in [0.3, 0.4) is 0 Å². The molecular weight excluding hydrogens is 380 g/mol. The van der Waals surface area contributed by atoms with E-state index in [0.717, 1.165) is 54.2 Å². The lowest BCUT2D eigenvalue weighted by Crippen LogP contribution is -2.38. The second-order valence-corrected chi connectivity index (χ2v) is 8.21. The molecule has 1 aromatic carbocycles. The molecule has 3 heterocycles. The van der Waals surface area contributed by atoms with Crippen LogP contribution in [-0.4, -0.2) is 52.8 Å². The first-order valence-corrected chi connectivity index (χ1v) is 10.5. The molecule has 7 heteroatoms. The number of hydrogen-bond donors (Lipinski definition) is 1. The van der Waals surface area contributed by atoms with Gasteiger partial charge in [-0.25, -0.2) is 9.50 Å². The summed E-state index contributed by atoms with van der Waals surface area (Å²) in [5.74, 6) is 1.09. The Hall–Kier alpha value is -2.64. The first-order valence-electron chi connectivity index (χ1n) is 10.5. The summed E-state index contributed by atoms with van der Waals surface area (Å²) >= 11 is 0. The summed E-state index contributed by atoms with van der Waals surface area (Å²) in [6.45, 7) is 6.91. The average Bonchev–Trinajstić information content (AvgIpc) is 3.13. The number of benzene rings is 1. The van der Waals surface area contributed by atoms with E-state index in [4.69, 9.17) is 14.5 Å². The second-order valence-electron chi connectivity index (χ2n) is 8.21. The van der Waals surface area contributed by atoms with Crippen molar-refractivity contribution < 1.29 is 9.47 Å². The maximum atomic E-state index is 12.9. The largest absolute Gasteiger partial charge is 0.497 e. The van der Waals surface area contributed by atoms with E-state index in [-0.39, 0.29) is 5.56 Å². The van der Waals surface area contributed by atoms with Gasteiger partial charge in [-0.2, -0.15) is 0 Å². The summed E-state index contributed by atoms with van der Waals surface area (Å²) in [6, 6.07) is 10.0.